The Bertz CT molecular complexity index is 297. The summed E-state index contributed by atoms with van der Waals surface area (Å²) in [4.78, 5) is 35.4. The van der Waals surface area contributed by atoms with Crippen LogP contribution in [0.3, 0.4) is 0 Å². The molecule has 6 nitrogen and oxygen atoms in total. The van der Waals surface area contributed by atoms with Crippen molar-refractivity contribution in [3.8, 4) is 0 Å². The fourth-order valence-electron chi connectivity index (χ4n) is 2.07. The number of rotatable bonds is 3. The molecule has 0 N–H and O–H groups in total. The Balaban J connectivity index is 2.82. The Labute approximate surface area is 125 Å². The van der Waals surface area contributed by atoms with Crippen molar-refractivity contribution >= 4 is 17.9 Å². The molecule has 0 bridgehead atoms. The maximum atomic E-state index is 11.8. The van der Waals surface area contributed by atoms with Crippen LogP contribution in [0, 0.1) is 0 Å². The lowest BCUT2D eigenvalue weighted by molar-refractivity contribution is -0.167. The third-order valence-corrected chi connectivity index (χ3v) is 3.44. The van der Waals surface area contributed by atoms with Crippen molar-refractivity contribution in [1.29, 1.82) is 0 Å². The van der Waals surface area contributed by atoms with Crippen molar-refractivity contribution in [2.45, 2.75) is 77.6 Å². The van der Waals surface area contributed by atoms with Crippen LogP contribution in [0.2, 0.25) is 0 Å². The quantitative estimate of drug-likeness (QED) is 0.587. The van der Waals surface area contributed by atoms with Gasteiger partial charge in [0, 0.05) is 0 Å². The van der Waals surface area contributed by atoms with Crippen molar-refractivity contribution in [1.82, 2.24) is 0 Å². The number of hydrogen-bond donors (Lipinski definition) is 0. The Morgan fingerprint density at radius 3 is 1.10 bits per heavy atom. The highest BCUT2D eigenvalue weighted by molar-refractivity contribution is 5.75. The van der Waals surface area contributed by atoms with Gasteiger partial charge in [0.05, 0.1) is 19.3 Å². The van der Waals surface area contributed by atoms with E-state index in [1.54, 1.807) is 0 Å². The number of hydrogen-bond acceptors (Lipinski definition) is 6. The highest BCUT2D eigenvalue weighted by atomic mass is 16.6. The summed E-state index contributed by atoms with van der Waals surface area (Å²) < 4.78 is 15.7. The molecule has 1 aliphatic rings. The Morgan fingerprint density at radius 1 is 0.667 bits per heavy atom. The van der Waals surface area contributed by atoms with E-state index in [4.69, 9.17) is 14.2 Å². The molecular weight excluding hydrogens is 276 g/mol. The fraction of sp³-hybridized carbons (Fsp3) is 0.800. The van der Waals surface area contributed by atoms with Crippen LogP contribution < -0.4 is 0 Å². The zero-order valence-corrected chi connectivity index (χ0v) is 12.9. The van der Waals surface area contributed by atoms with Gasteiger partial charge in [0.2, 0.25) is 0 Å². The first-order valence-corrected chi connectivity index (χ1v) is 7.56. The summed E-state index contributed by atoms with van der Waals surface area (Å²) in [6, 6.07) is 0. The van der Waals surface area contributed by atoms with Gasteiger partial charge in [-0.3, -0.25) is 14.4 Å². The van der Waals surface area contributed by atoms with Crippen LogP contribution >= 0.6 is 0 Å². The molecule has 1 saturated heterocycles. The monoisotopic (exact) mass is 300 g/mol. The SMILES string of the molecule is CCC1CC(=O)OC(CC)CC(=O)OC(CC)CC(=O)O1. The minimum Gasteiger partial charge on any atom is -0.462 e. The summed E-state index contributed by atoms with van der Waals surface area (Å²) in [6.45, 7) is 5.52. The fourth-order valence-corrected chi connectivity index (χ4v) is 2.07. The maximum Gasteiger partial charge on any atom is 0.309 e. The number of esters is 3. The van der Waals surface area contributed by atoms with Gasteiger partial charge in [0.1, 0.15) is 18.3 Å². The van der Waals surface area contributed by atoms with Gasteiger partial charge in [-0.15, -0.1) is 0 Å². The van der Waals surface area contributed by atoms with Crippen LogP contribution in [-0.2, 0) is 28.6 Å². The van der Waals surface area contributed by atoms with Crippen molar-refractivity contribution in [3.63, 3.8) is 0 Å². The second kappa shape index (κ2) is 8.64. The van der Waals surface area contributed by atoms with Gasteiger partial charge in [-0.2, -0.15) is 0 Å². The van der Waals surface area contributed by atoms with Crippen LogP contribution in [0.15, 0.2) is 0 Å². The third-order valence-electron chi connectivity index (χ3n) is 3.44. The first-order valence-electron chi connectivity index (χ1n) is 7.56. The van der Waals surface area contributed by atoms with Gasteiger partial charge in [-0.05, 0) is 19.3 Å². The normalized spacial score (nSPS) is 28.7. The first-order chi connectivity index (χ1) is 9.98. The molecule has 0 saturated carbocycles. The number of carbonyl (C=O) groups excluding carboxylic acids is 3. The molecule has 0 spiro atoms. The van der Waals surface area contributed by atoms with Crippen LogP contribution in [0.25, 0.3) is 0 Å². The van der Waals surface area contributed by atoms with E-state index in [2.05, 4.69) is 0 Å². The van der Waals surface area contributed by atoms with Gasteiger partial charge in [-0.1, -0.05) is 20.8 Å². The summed E-state index contributed by atoms with van der Waals surface area (Å²) in [5.74, 6) is -1.37. The molecule has 3 atom stereocenters. The highest BCUT2D eigenvalue weighted by Crippen LogP contribution is 2.16. The van der Waals surface area contributed by atoms with Gasteiger partial charge >= 0.3 is 17.9 Å². The molecule has 0 amide bonds. The van der Waals surface area contributed by atoms with Gasteiger partial charge in [0.25, 0.3) is 0 Å². The van der Waals surface area contributed by atoms with E-state index in [0.717, 1.165) is 0 Å². The molecule has 1 rings (SSSR count). The van der Waals surface area contributed by atoms with Crippen LogP contribution in [-0.4, -0.2) is 36.2 Å². The Morgan fingerprint density at radius 2 is 0.905 bits per heavy atom. The predicted octanol–water partition coefficient (Wildman–Crippen LogP) is 2.14. The standard InChI is InChI=1S/C15H24O6/c1-4-10-7-13(16)20-12(6-3)9-15(18)21-11(5-2)8-14(17)19-10/h10-12H,4-9H2,1-3H3. The maximum absolute atomic E-state index is 11.8. The molecule has 0 radical (unpaired) electrons. The molecule has 120 valence electrons. The molecule has 0 aromatic carbocycles. The molecule has 21 heavy (non-hydrogen) atoms. The lowest BCUT2D eigenvalue weighted by Gasteiger charge is -2.23. The van der Waals surface area contributed by atoms with E-state index >= 15 is 0 Å². The summed E-state index contributed by atoms with van der Waals surface area (Å²) >= 11 is 0. The smallest absolute Gasteiger partial charge is 0.309 e. The topological polar surface area (TPSA) is 78.9 Å². The summed E-state index contributed by atoms with van der Waals surface area (Å²) in [7, 11) is 0. The van der Waals surface area contributed by atoms with Crippen molar-refractivity contribution in [3.05, 3.63) is 0 Å². The largest absolute Gasteiger partial charge is 0.462 e. The highest BCUT2D eigenvalue weighted by Gasteiger charge is 2.26. The number of ether oxygens (including phenoxy) is 3. The van der Waals surface area contributed by atoms with Crippen LogP contribution in [0.1, 0.15) is 59.3 Å². The second-order valence-corrected chi connectivity index (χ2v) is 5.17. The molecule has 1 heterocycles. The molecule has 0 aliphatic carbocycles. The Kier molecular flexibility index (Phi) is 7.19. The zero-order chi connectivity index (χ0) is 15.8. The average Bonchev–Trinajstić information content (AvgIpc) is 2.43. The molecule has 3 unspecified atom stereocenters. The minimum absolute atomic E-state index is 0.0184. The van der Waals surface area contributed by atoms with Crippen LogP contribution in [0.5, 0.6) is 0 Å². The summed E-state index contributed by atoms with van der Waals surface area (Å²) in [6.07, 6.45) is 0.191. The summed E-state index contributed by atoms with van der Waals surface area (Å²) in [5, 5.41) is 0. The van der Waals surface area contributed by atoms with E-state index in [0.29, 0.717) is 19.3 Å². The van der Waals surface area contributed by atoms with Crippen molar-refractivity contribution in [2.24, 2.45) is 0 Å². The first kappa shape index (κ1) is 17.5. The predicted molar refractivity (Wildman–Crippen MR) is 74.4 cm³/mol. The lowest BCUT2D eigenvalue weighted by Crippen LogP contribution is -2.31. The zero-order valence-electron chi connectivity index (χ0n) is 12.9. The number of carbonyl (C=O) groups is 3. The van der Waals surface area contributed by atoms with E-state index in [-0.39, 0.29) is 19.3 Å². The molecule has 1 aliphatic heterocycles. The second-order valence-electron chi connectivity index (χ2n) is 5.17. The van der Waals surface area contributed by atoms with Crippen molar-refractivity contribution < 1.29 is 28.6 Å². The molecule has 0 aromatic heterocycles. The summed E-state index contributed by atoms with van der Waals surface area (Å²) in [5.41, 5.74) is 0. The molecular formula is C15H24O6. The van der Waals surface area contributed by atoms with Gasteiger partial charge in [0.15, 0.2) is 0 Å². The molecule has 0 aromatic rings. The number of cyclic esters (lactones) is 3. The van der Waals surface area contributed by atoms with Gasteiger partial charge < -0.3 is 14.2 Å². The third kappa shape index (κ3) is 6.14. The van der Waals surface area contributed by atoms with E-state index in [1.165, 1.54) is 0 Å². The average molecular weight is 300 g/mol. The van der Waals surface area contributed by atoms with E-state index in [9.17, 15) is 14.4 Å². The molecule has 1 fully saturated rings. The Hall–Kier alpha value is -1.59. The van der Waals surface area contributed by atoms with Crippen LogP contribution in [0.4, 0.5) is 0 Å². The molecule has 6 heteroatoms. The van der Waals surface area contributed by atoms with Gasteiger partial charge in [-0.25, -0.2) is 0 Å². The lowest BCUT2D eigenvalue weighted by atomic mass is 10.1. The van der Waals surface area contributed by atoms with E-state index < -0.39 is 36.2 Å². The van der Waals surface area contributed by atoms with E-state index in [1.807, 2.05) is 20.8 Å². The van der Waals surface area contributed by atoms with Crippen molar-refractivity contribution in [2.75, 3.05) is 0 Å². The minimum atomic E-state index is -0.491.